The van der Waals surface area contributed by atoms with Crippen molar-refractivity contribution in [2.24, 2.45) is 0 Å². The van der Waals surface area contributed by atoms with Crippen molar-refractivity contribution >= 4 is 5.82 Å². The Labute approximate surface area is 106 Å². The molecule has 2 aromatic rings. The molecular formula is C15H13N3. The Morgan fingerprint density at radius 1 is 1.17 bits per heavy atom. The summed E-state index contributed by atoms with van der Waals surface area (Å²) in [5.74, 6) is 1.09. The molecule has 18 heavy (non-hydrogen) atoms. The topological polar surface area (TPSA) is 62.7 Å². The van der Waals surface area contributed by atoms with Gasteiger partial charge in [0.05, 0.1) is 11.6 Å². The molecule has 1 fully saturated rings. The number of nitrogen functional groups attached to an aromatic ring is 1. The van der Waals surface area contributed by atoms with Crippen LogP contribution < -0.4 is 5.73 Å². The first-order valence-corrected chi connectivity index (χ1v) is 6.04. The van der Waals surface area contributed by atoms with Gasteiger partial charge in [-0.15, -0.1) is 0 Å². The molecule has 1 aromatic carbocycles. The smallest absolute Gasteiger partial charge is 0.123 e. The Morgan fingerprint density at radius 3 is 2.56 bits per heavy atom. The Kier molecular flexibility index (Phi) is 2.49. The second-order valence-corrected chi connectivity index (χ2v) is 4.66. The fourth-order valence-corrected chi connectivity index (χ4v) is 2.15. The summed E-state index contributed by atoms with van der Waals surface area (Å²) in [6, 6.07) is 12.0. The lowest BCUT2D eigenvalue weighted by Gasteiger charge is -2.06. The molecule has 2 N–H and O–H groups in total. The number of nitriles is 1. The highest BCUT2D eigenvalue weighted by atomic mass is 14.8. The lowest BCUT2D eigenvalue weighted by atomic mass is 9.98. The van der Waals surface area contributed by atoms with Crippen LogP contribution in [0.25, 0.3) is 11.1 Å². The van der Waals surface area contributed by atoms with Crippen molar-refractivity contribution in [2.75, 3.05) is 5.73 Å². The van der Waals surface area contributed by atoms with E-state index < -0.39 is 0 Å². The summed E-state index contributed by atoms with van der Waals surface area (Å²) in [5.41, 5.74) is 9.69. The highest BCUT2D eigenvalue weighted by Gasteiger charge is 2.26. The van der Waals surface area contributed by atoms with E-state index >= 15 is 0 Å². The second-order valence-electron chi connectivity index (χ2n) is 4.66. The van der Waals surface area contributed by atoms with Gasteiger partial charge in [0.2, 0.25) is 0 Å². The molecule has 1 saturated carbocycles. The van der Waals surface area contributed by atoms with Gasteiger partial charge in [-0.1, -0.05) is 6.07 Å². The Hall–Kier alpha value is -2.34. The molecule has 1 aliphatic carbocycles. The maximum atomic E-state index is 9.11. The summed E-state index contributed by atoms with van der Waals surface area (Å²) < 4.78 is 0. The fraction of sp³-hybridized carbons (Fsp3) is 0.200. The fourth-order valence-electron chi connectivity index (χ4n) is 2.15. The molecule has 1 aromatic heterocycles. The molecule has 0 amide bonds. The minimum absolute atomic E-state index is 0.523. The minimum atomic E-state index is 0.523. The van der Waals surface area contributed by atoms with Crippen molar-refractivity contribution in [2.45, 2.75) is 18.8 Å². The van der Waals surface area contributed by atoms with Gasteiger partial charge in [-0.2, -0.15) is 5.26 Å². The highest BCUT2D eigenvalue weighted by Crippen LogP contribution is 2.42. The number of nitrogens with zero attached hydrogens (tertiary/aromatic N) is 2. The standard InChI is InChI=1S/C15H13N3/c16-8-12-4-3-11(7-14(12)10-1-2-10)13-5-6-15(17)18-9-13/h3-7,9-10H,1-2H2,(H2,17,18). The van der Waals surface area contributed by atoms with Gasteiger partial charge in [-0.3, -0.25) is 0 Å². The van der Waals surface area contributed by atoms with Crippen LogP contribution in [0.2, 0.25) is 0 Å². The monoisotopic (exact) mass is 235 g/mol. The van der Waals surface area contributed by atoms with E-state index in [-0.39, 0.29) is 0 Å². The largest absolute Gasteiger partial charge is 0.384 e. The molecule has 88 valence electrons. The van der Waals surface area contributed by atoms with Crippen LogP contribution in [0.4, 0.5) is 5.82 Å². The molecule has 0 saturated heterocycles. The molecule has 0 radical (unpaired) electrons. The molecule has 0 atom stereocenters. The number of anilines is 1. The van der Waals surface area contributed by atoms with Crippen LogP contribution >= 0.6 is 0 Å². The van der Waals surface area contributed by atoms with Crippen LogP contribution in [0.5, 0.6) is 0 Å². The van der Waals surface area contributed by atoms with E-state index in [0.717, 1.165) is 16.7 Å². The van der Waals surface area contributed by atoms with Crippen LogP contribution in [-0.2, 0) is 0 Å². The lowest BCUT2D eigenvalue weighted by Crippen LogP contribution is -1.91. The van der Waals surface area contributed by atoms with E-state index in [0.29, 0.717) is 11.7 Å². The molecule has 3 heteroatoms. The second kappa shape index (κ2) is 4.15. The SMILES string of the molecule is N#Cc1ccc(-c2ccc(N)nc2)cc1C1CC1. The van der Waals surface area contributed by atoms with Gasteiger partial charge in [-0.05, 0) is 54.2 Å². The molecular weight excluding hydrogens is 222 g/mol. The third kappa shape index (κ3) is 1.93. The summed E-state index contributed by atoms with van der Waals surface area (Å²) in [5, 5.41) is 9.11. The van der Waals surface area contributed by atoms with E-state index in [9.17, 15) is 0 Å². The van der Waals surface area contributed by atoms with Crippen LogP contribution in [0.3, 0.4) is 0 Å². The first-order valence-electron chi connectivity index (χ1n) is 6.04. The number of hydrogen-bond acceptors (Lipinski definition) is 3. The van der Waals surface area contributed by atoms with Crippen molar-refractivity contribution in [3.63, 3.8) is 0 Å². The first-order chi connectivity index (χ1) is 8.78. The van der Waals surface area contributed by atoms with Crippen LogP contribution in [0.15, 0.2) is 36.5 Å². The summed E-state index contributed by atoms with van der Waals surface area (Å²) in [6.45, 7) is 0. The number of rotatable bonds is 2. The molecule has 1 heterocycles. The van der Waals surface area contributed by atoms with Crippen molar-refractivity contribution < 1.29 is 0 Å². The zero-order valence-corrected chi connectivity index (χ0v) is 9.93. The van der Waals surface area contributed by atoms with E-state index in [1.807, 2.05) is 18.2 Å². The molecule has 3 rings (SSSR count). The average molecular weight is 235 g/mol. The quantitative estimate of drug-likeness (QED) is 0.870. The predicted octanol–water partition coefficient (Wildman–Crippen LogP) is 3.08. The van der Waals surface area contributed by atoms with E-state index in [2.05, 4.69) is 17.1 Å². The first kappa shape index (κ1) is 10.8. The number of pyridine rings is 1. The van der Waals surface area contributed by atoms with Crippen LogP contribution in [0.1, 0.15) is 29.9 Å². The molecule has 0 aliphatic heterocycles. The molecule has 0 spiro atoms. The van der Waals surface area contributed by atoms with E-state index in [1.165, 1.54) is 18.4 Å². The van der Waals surface area contributed by atoms with Gasteiger partial charge in [0.25, 0.3) is 0 Å². The molecule has 0 unspecified atom stereocenters. The summed E-state index contributed by atoms with van der Waals surface area (Å²) in [7, 11) is 0. The van der Waals surface area contributed by atoms with Crippen molar-refractivity contribution in [3.8, 4) is 17.2 Å². The third-order valence-electron chi connectivity index (χ3n) is 3.31. The molecule has 3 nitrogen and oxygen atoms in total. The maximum absolute atomic E-state index is 9.11. The van der Waals surface area contributed by atoms with E-state index in [4.69, 9.17) is 11.0 Å². The average Bonchev–Trinajstić information content (AvgIpc) is 3.23. The number of nitrogens with two attached hydrogens (primary N) is 1. The minimum Gasteiger partial charge on any atom is -0.384 e. The maximum Gasteiger partial charge on any atom is 0.123 e. The Morgan fingerprint density at radius 2 is 1.94 bits per heavy atom. The van der Waals surface area contributed by atoms with Crippen LogP contribution in [0, 0.1) is 11.3 Å². The lowest BCUT2D eigenvalue weighted by molar-refractivity contribution is 1.12. The van der Waals surface area contributed by atoms with Crippen molar-refractivity contribution in [1.82, 2.24) is 4.98 Å². The number of benzene rings is 1. The van der Waals surface area contributed by atoms with Gasteiger partial charge >= 0.3 is 0 Å². The van der Waals surface area contributed by atoms with Gasteiger partial charge in [0, 0.05) is 11.8 Å². The normalized spacial score (nSPS) is 14.2. The molecule has 1 aliphatic rings. The summed E-state index contributed by atoms with van der Waals surface area (Å²) in [6.07, 6.45) is 4.16. The van der Waals surface area contributed by atoms with Crippen molar-refractivity contribution in [3.05, 3.63) is 47.7 Å². The van der Waals surface area contributed by atoms with Crippen LogP contribution in [-0.4, -0.2) is 4.98 Å². The van der Waals surface area contributed by atoms with Gasteiger partial charge < -0.3 is 5.73 Å². The third-order valence-corrected chi connectivity index (χ3v) is 3.31. The summed E-state index contributed by atoms with van der Waals surface area (Å²) in [4.78, 5) is 4.10. The number of aromatic nitrogens is 1. The van der Waals surface area contributed by atoms with E-state index in [1.54, 1.807) is 12.3 Å². The highest BCUT2D eigenvalue weighted by molar-refractivity contribution is 5.66. The number of hydrogen-bond donors (Lipinski definition) is 1. The van der Waals surface area contributed by atoms with Gasteiger partial charge in [0.15, 0.2) is 0 Å². The molecule has 0 bridgehead atoms. The van der Waals surface area contributed by atoms with Gasteiger partial charge in [-0.25, -0.2) is 4.98 Å². The Bertz CT molecular complexity index is 619. The predicted molar refractivity (Wildman–Crippen MR) is 70.8 cm³/mol. The zero-order valence-electron chi connectivity index (χ0n) is 9.93. The Balaban J connectivity index is 2.05. The van der Waals surface area contributed by atoms with Crippen molar-refractivity contribution in [1.29, 1.82) is 5.26 Å². The zero-order chi connectivity index (χ0) is 12.5. The van der Waals surface area contributed by atoms with Gasteiger partial charge in [0.1, 0.15) is 5.82 Å². The summed E-state index contributed by atoms with van der Waals surface area (Å²) >= 11 is 0.